The van der Waals surface area contributed by atoms with Crippen molar-refractivity contribution < 1.29 is 24.2 Å². The number of esters is 1. The van der Waals surface area contributed by atoms with Crippen LogP contribution in [-0.4, -0.2) is 30.3 Å². The topological polar surface area (TPSA) is 72.8 Å². The predicted molar refractivity (Wildman–Crippen MR) is 64.7 cm³/mol. The summed E-state index contributed by atoms with van der Waals surface area (Å²) in [6.07, 6.45) is 1.62. The molecule has 18 heavy (non-hydrogen) atoms. The molecule has 0 amide bonds. The Hall–Kier alpha value is -2.30. The molecule has 1 aromatic rings. The van der Waals surface area contributed by atoms with Crippen LogP contribution in [0.3, 0.4) is 0 Å². The van der Waals surface area contributed by atoms with Crippen LogP contribution in [0.5, 0.6) is 5.75 Å². The summed E-state index contributed by atoms with van der Waals surface area (Å²) in [6.45, 7) is 3.85. The maximum atomic E-state index is 10.7. The van der Waals surface area contributed by atoms with E-state index in [9.17, 15) is 9.59 Å². The van der Waals surface area contributed by atoms with E-state index in [1.165, 1.54) is 12.1 Å². The van der Waals surface area contributed by atoms with Gasteiger partial charge in [0.05, 0.1) is 18.8 Å². The first-order valence-electron chi connectivity index (χ1n) is 5.39. The minimum atomic E-state index is -1.000. The molecule has 0 aromatic heterocycles. The molecular formula is C13H14O5. The number of hydrogen-bond acceptors (Lipinski definition) is 4. The fourth-order valence-corrected chi connectivity index (χ4v) is 1.20. The zero-order valence-corrected chi connectivity index (χ0v) is 9.80. The van der Waals surface area contributed by atoms with E-state index < -0.39 is 11.9 Å². The molecule has 0 heterocycles. The Morgan fingerprint density at radius 1 is 1.33 bits per heavy atom. The Morgan fingerprint density at radius 3 is 2.78 bits per heavy atom. The first kappa shape index (κ1) is 13.8. The van der Waals surface area contributed by atoms with Crippen LogP contribution in [0.2, 0.25) is 0 Å². The van der Waals surface area contributed by atoms with E-state index in [-0.39, 0.29) is 12.2 Å². The number of hydrogen-bond donors (Lipinski definition) is 1. The number of carboxylic acid groups (broad SMARTS) is 1. The van der Waals surface area contributed by atoms with Crippen molar-refractivity contribution in [3.8, 4) is 5.75 Å². The van der Waals surface area contributed by atoms with Crippen molar-refractivity contribution >= 4 is 11.9 Å². The Labute approximate surface area is 105 Å². The van der Waals surface area contributed by atoms with Gasteiger partial charge in [-0.2, -0.15) is 0 Å². The SMILES string of the molecule is C=CC(=O)OCCCOc1cccc(C(=O)O)c1. The van der Waals surface area contributed by atoms with Crippen LogP contribution < -0.4 is 4.74 Å². The van der Waals surface area contributed by atoms with E-state index in [2.05, 4.69) is 6.58 Å². The molecule has 0 spiro atoms. The van der Waals surface area contributed by atoms with E-state index in [4.69, 9.17) is 14.6 Å². The van der Waals surface area contributed by atoms with E-state index in [0.29, 0.717) is 18.8 Å². The molecule has 0 radical (unpaired) electrons. The van der Waals surface area contributed by atoms with Gasteiger partial charge in [-0.15, -0.1) is 0 Å². The summed E-state index contributed by atoms with van der Waals surface area (Å²) < 4.78 is 10.1. The van der Waals surface area contributed by atoms with Gasteiger partial charge in [-0.3, -0.25) is 0 Å². The van der Waals surface area contributed by atoms with Crippen LogP contribution in [-0.2, 0) is 9.53 Å². The smallest absolute Gasteiger partial charge is 0.335 e. The molecule has 0 aliphatic rings. The maximum Gasteiger partial charge on any atom is 0.335 e. The predicted octanol–water partition coefficient (Wildman–Crippen LogP) is 1.88. The highest BCUT2D eigenvalue weighted by atomic mass is 16.5. The molecule has 0 unspecified atom stereocenters. The van der Waals surface area contributed by atoms with Crippen LogP contribution >= 0.6 is 0 Å². The van der Waals surface area contributed by atoms with Gasteiger partial charge in [-0.1, -0.05) is 12.6 Å². The fourth-order valence-electron chi connectivity index (χ4n) is 1.20. The van der Waals surface area contributed by atoms with Crippen LogP contribution in [0.1, 0.15) is 16.8 Å². The quantitative estimate of drug-likeness (QED) is 0.454. The first-order valence-corrected chi connectivity index (χ1v) is 5.39. The largest absolute Gasteiger partial charge is 0.493 e. The number of carbonyl (C=O) groups excluding carboxylic acids is 1. The summed E-state index contributed by atoms with van der Waals surface area (Å²) in [4.78, 5) is 21.4. The molecular weight excluding hydrogens is 236 g/mol. The molecule has 0 atom stereocenters. The van der Waals surface area contributed by atoms with Crippen LogP contribution in [0, 0.1) is 0 Å². The molecule has 1 rings (SSSR count). The highest BCUT2D eigenvalue weighted by Gasteiger charge is 2.03. The summed E-state index contributed by atoms with van der Waals surface area (Å²) in [5, 5.41) is 8.78. The molecule has 0 aliphatic heterocycles. The van der Waals surface area contributed by atoms with E-state index in [0.717, 1.165) is 6.08 Å². The molecule has 5 heteroatoms. The Kier molecular flexibility index (Phi) is 5.44. The third-order valence-electron chi connectivity index (χ3n) is 2.05. The average molecular weight is 250 g/mol. The standard InChI is InChI=1S/C13H14O5/c1-2-12(14)18-8-4-7-17-11-6-3-5-10(9-11)13(15)16/h2-3,5-6,9H,1,4,7-8H2,(H,15,16). The van der Waals surface area contributed by atoms with Crippen molar-refractivity contribution in [3.05, 3.63) is 42.5 Å². The van der Waals surface area contributed by atoms with Crippen LogP contribution in [0.4, 0.5) is 0 Å². The van der Waals surface area contributed by atoms with Crippen molar-refractivity contribution in [2.45, 2.75) is 6.42 Å². The minimum Gasteiger partial charge on any atom is -0.493 e. The van der Waals surface area contributed by atoms with Crippen molar-refractivity contribution in [2.75, 3.05) is 13.2 Å². The second-order valence-electron chi connectivity index (χ2n) is 3.41. The lowest BCUT2D eigenvalue weighted by molar-refractivity contribution is -0.137. The Bertz CT molecular complexity index is 439. The molecule has 0 fully saturated rings. The number of carbonyl (C=O) groups is 2. The van der Waals surface area contributed by atoms with Gasteiger partial charge in [0.15, 0.2) is 0 Å². The minimum absolute atomic E-state index is 0.172. The normalized spacial score (nSPS) is 9.56. The lowest BCUT2D eigenvalue weighted by atomic mass is 10.2. The zero-order chi connectivity index (χ0) is 13.4. The second kappa shape index (κ2) is 7.11. The van der Waals surface area contributed by atoms with Gasteiger partial charge in [0.25, 0.3) is 0 Å². The monoisotopic (exact) mass is 250 g/mol. The molecule has 0 saturated heterocycles. The Morgan fingerprint density at radius 2 is 2.11 bits per heavy atom. The first-order chi connectivity index (χ1) is 8.63. The number of aromatic carboxylic acids is 1. The van der Waals surface area contributed by atoms with Crippen LogP contribution in [0.25, 0.3) is 0 Å². The van der Waals surface area contributed by atoms with Crippen molar-refractivity contribution in [2.24, 2.45) is 0 Å². The summed E-state index contributed by atoms with van der Waals surface area (Å²) in [5.41, 5.74) is 0.172. The van der Waals surface area contributed by atoms with Gasteiger partial charge in [0.2, 0.25) is 0 Å². The molecule has 0 saturated carbocycles. The molecule has 0 bridgehead atoms. The van der Waals surface area contributed by atoms with Crippen LogP contribution in [0.15, 0.2) is 36.9 Å². The van der Waals surface area contributed by atoms with Gasteiger partial charge in [0, 0.05) is 12.5 Å². The number of carboxylic acids is 1. The molecule has 0 aliphatic carbocycles. The van der Waals surface area contributed by atoms with Crippen molar-refractivity contribution in [1.29, 1.82) is 0 Å². The zero-order valence-electron chi connectivity index (χ0n) is 9.80. The number of rotatable bonds is 7. The van der Waals surface area contributed by atoms with Gasteiger partial charge in [-0.05, 0) is 18.2 Å². The number of benzene rings is 1. The molecule has 1 N–H and O–H groups in total. The molecule has 5 nitrogen and oxygen atoms in total. The van der Waals surface area contributed by atoms with Crippen molar-refractivity contribution in [1.82, 2.24) is 0 Å². The summed E-state index contributed by atoms with van der Waals surface area (Å²) in [7, 11) is 0. The summed E-state index contributed by atoms with van der Waals surface area (Å²) >= 11 is 0. The highest BCUT2D eigenvalue weighted by molar-refractivity contribution is 5.88. The third-order valence-corrected chi connectivity index (χ3v) is 2.05. The van der Waals surface area contributed by atoms with Gasteiger partial charge < -0.3 is 14.6 Å². The maximum absolute atomic E-state index is 10.7. The molecule has 96 valence electrons. The lowest BCUT2D eigenvalue weighted by Crippen LogP contribution is -2.07. The third kappa shape index (κ3) is 4.69. The number of ether oxygens (including phenoxy) is 2. The highest BCUT2D eigenvalue weighted by Crippen LogP contribution is 2.13. The van der Waals surface area contributed by atoms with Crippen molar-refractivity contribution in [3.63, 3.8) is 0 Å². The summed E-state index contributed by atoms with van der Waals surface area (Å²) in [6, 6.07) is 6.21. The van der Waals surface area contributed by atoms with E-state index in [1.807, 2.05) is 0 Å². The van der Waals surface area contributed by atoms with Gasteiger partial charge in [-0.25, -0.2) is 9.59 Å². The van der Waals surface area contributed by atoms with Gasteiger partial charge in [0.1, 0.15) is 5.75 Å². The average Bonchev–Trinajstić information content (AvgIpc) is 2.38. The Balaban J connectivity index is 2.31. The summed E-state index contributed by atoms with van der Waals surface area (Å²) in [5.74, 6) is -0.992. The van der Waals surface area contributed by atoms with E-state index >= 15 is 0 Å². The fraction of sp³-hybridized carbons (Fsp3) is 0.231. The molecule has 1 aromatic carbocycles. The lowest BCUT2D eigenvalue weighted by Gasteiger charge is -2.06. The second-order valence-corrected chi connectivity index (χ2v) is 3.41. The van der Waals surface area contributed by atoms with E-state index in [1.54, 1.807) is 12.1 Å². The van der Waals surface area contributed by atoms with Gasteiger partial charge >= 0.3 is 11.9 Å².